The zero-order valence-electron chi connectivity index (χ0n) is 10.5. The molecule has 0 amide bonds. The number of aromatic nitrogens is 2. The summed E-state index contributed by atoms with van der Waals surface area (Å²) in [7, 11) is 0. The summed E-state index contributed by atoms with van der Waals surface area (Å²) in [5, 5.41) is 4.68. The van der Waals surface area contributed by atoms with Crippen molar-refractivity contribution in [3.63, 3.8) is 0 Å². The second-order valence-corrected chi connectivity index (χ2v) is 6.11. The molecular weight excluding hydrogens is 236 g/mol. The average molecular weight is 256 g/mol. The summed E-state index contributed by atoms with van der Waals surface area (Å²) in [6.07, 6.45) is 3.17. The summed E-state index contributed by atoms with van der Waals surface area (Å²) in [6, 6.07) is 0. The van der Waals surface area contributed by atoms with Gasteiger partial charge >= 0.3 is 0 Å². The summed E-state index contributed by atoms with van der Waals surface area (Å²) in [5.74, 6) is 3.00. The number of ether oxygens (including phenoxy) is 1. The SMILES string of the molecule is CC(C)Cc1noc(CSC2CCOCC2)n1. The van der Waals surface area contributed by atoms with Gasteiger partial charge in [-0.15, -0.1) is 11.8 Å². The van der Waals surface area contributed by atoms with Crippen molar-refractivity contribution < 1.29 is 9.26 Å². The van der Waals surface area contributed by atoms with E-state index in [-0.39, 0.29) is 0 Å². The van der Waals surface area contributed by atoms with Crippen LogP contribution in [0.25, 0.3) is 0 Å². The van der Waals surface area contributed by atoms with Crippen molar-refractivity contribution in [2.24, 2.45) is 5.92 Å². The van der Waals surface area contributed by atoms with Crippen LogP contribution in [0.1, 0.15) is 38.4 Å². The first-order valence-corrected chi connectivity index (χ1v) is 7.29. The molecule has 0 bridgehead atoms. The topological polar surface area (TPSA) is 48.2 Å². The van der Waals surface area contributed by atoms with Gasteiger partial charge in [-0.1, -0.05) is 19.0 Å². The minimum Gasteiger partial charge on any atom is -0.381 e. The Balaban J connectivity index is 1.76. The number of rotatable bonds is 5. The summed E-state index contributed by atoms with van der Waals surface area (Å²) >= 11 is 1.91. The molecule has 0 atom stereocenters. The second kappa shape index (κ2) is 6.40. The third-order valence-electron chi connectivity index (χ3n) is 2.71. The Morgan fingerprint density at radius 3 is 2.82 bits per heavy atom. The van der Waals surface area contributed by atoms with Crippen LogP contribution in [0.5, 0.6) is 0 Å². The first kappa shape index (κ1) is 12.9. The van der Waals surface area contributed by atoms with Gasteiger partial charge in [0.05, 0.1) is 5.75 Å². The van der Waals surface area contributed by atoms with E-state index >= 15 is 0 Å². The zero-order valence-corrected chi connectivity index (χ0v) is 11.3. The number of thioether (sulfide) groups is 1. The molecule has 1 aromatic heterocycles. The molecule has 2 heterocycles. The maximum atomic E-state index is 5.33. The van der Waals surface area contributed by atoms with Crippen LogP contribution < -0.4 is 0 Å². The molecule has 1 saturated heterocycles. The van der Waals surface area contributed by atoms with Gasteiger partial charge < -0.3 is 9.26 Å². The first-order chi connectivity index (χ1) is 8.24. The minimum absolute atomic E-state index is 0.573. The van der Waals surface area contributed by atoms with Gasteiger partial charge in [-0.2, -0.15) is 4.98 Å². The standard InChI is InChI=1S/C12H20N2O2S/c1-9(2)7-11-13-12(16-14-11)8-17-10-3-5-15-6-4-10/h9-10H,3-8H2,1-2H3. The molecule has 0 aromatic carbocycles. The predicted octanol–water partition coefficient (Wildman–Crippen LogP) is 2.68. The summed E-state index contributed by atoms with van der Waals surface area (Å²) in [6.45, 7) is 6.10. The highest BCUT2D eigenvalue weighted by Crippen LogP contribution is 2.25. The average Bonchev–Trinajstić information content (AvgIpc) is 2.75. The molecule has 1 fully saturated rings. The van der Waals surface area contributed by atoms with E-state index < -0.39 is 0 Å². The largest absolute Gasteiger partial charge is 0.381 e. The molecular formula is C12H20N2O2S. The molecule has 2 rings (SSSR count). The van der Waals surface area contributed by atoms with E-state index in [1.807, 2.05) is 11.8 Å². The van der Waals surface area contributed by atoms with Crippen molar-refractivity contribution in [2.75, 3.05) is 13.2 Å². The molecule has 96 valence electrons. The molecule has 0 spiro atoms. The van der Waals surface area contributed by atoms with E-state index in [0.29, 0.717) is 11.2 Å². The molecule has 0 aliphatic carbocycles. The second-order valence-electron chi connectivity index (χ2n) is 4.83. The van der Waals surface area contributed by atoms with Gasteiger partial charge in [0.2, 0.25) is 5.89 Å². The van der Waals surface area contributed by atoms with Crippen LogP contribution >= 0.6 is 11.8 Å². The van der Waals surface area contributed by atoms with Gasteiger partial charge in [0, 0.05) is 24.9 Å². The highest BCUT2D eigenvalue weighted by molar-refractivity contribution is 7.99. The molecule has 1 aliphatic heterocycles. The summed E-state index contributed by atoms with van der Waals surface area (Å²) < 4.78 is 10.6. The zero-order chi connectivity index (χ0) is 12.1. The molecule has 17 heavy (non-hydrogen) atoms. The monoisotopic (exact) mass is 256 g/mol. The smallest absolute Gasteiger partial charge is 0.236 e. The lowest BCUT2D eigenvalue weighted by Crippen LogP contribution is -2.17. The first-order valence-electron chi connectivity index (χ1n) is 6.25. The van der Waals surface area contributed by atoms with Crippen LogP contribution in [0.3, 0.4) is 0 Å². The van der Waals surface area contributed by atoms with Crippen LogP contribution in [0.4, 0.5) is 0 Å². The Morgan fingerprint density at radius 2 is 2.12 bits per heavy atom. The van der Waals surface area contributed by atoms with E-state index in [0.717, 1.165) is 49.9 Å². The van der Waals surface area contributed by atoms with E-state index in [4.69, 9.17) is 9.26 Å². The molecule has 0 N–H and O–H groups in total. The normalized spacial score (nSPS) is 17.8. The third kappa shape index (κ3) is 4.32. The Labute approximate surface area is 106 Å². The van der Waals surface area contributed by atoms with Gasteiger partial charge in [0.25, 0.3) is 0 Å². The van der Waals surface area contributed by atoms with Crippen molar-refractivity contribution in [3.8, 4) is 0 Å². The number of hydrogen-bond acceptors (Lipinski definition) is 5. The lowest BCUT2D eigenvalue weighted by atomic mass is 10.1. The van der Waals surface area contributed by atoms with Crippen molar-refractivity contribution in [1.82, 2.24) is 10.1 Å². The number of hydrogen-bond donors (Lipinski definition) is 0. The van der Waals surface area contributed by atoms with Crippen LogP contribution in [-0.4, -0.2) is 28.6 Å². The lowest BCUT2D eigenvalue weighted by molar-refractivity contribution is 0.1000. The third-order valence-corrected chi connectivity index (χ3v) is 4.07. The van der Waals surface area contributed by atoms with Gasteiger partial charge in [-0.05, 0) is 18.8 Å². The van der Waals surface area contributed by atoms with Crippen LogP contribution in [-0.2, 0) is 16.9 Å². The fourth-order valence-corrected chi connectivity index (χ4v) is 2.85. The Hall–Kier alpha value is -0.550. The predicted molar refractivity (Wildman–Crippen MR) is 68.0 cm³/mol. The molecule has 1 aliphatic rings. The van der Waals surface area contributed by atoms with Crippen LogP contribution in [0.15, 0.2) is 4.52 Å². The molecule has 5 heteroatoms. The summed E-state index contributed by atoms with van der Waals surface area (Å²) in [5.41, 5.74) is 0. The number of nitrogens with zero attached hydrogens (tertiary/aromatic N) is 2. The van der Waals surface area contributed by atoms with Crippen molar-refractivity contribution in [3.05, 3.63) is 11.7 Å². The van der Waals surface area contributed by atoms with E-state index in [1.165, 1.54) is 0 Å². The molecule has 0 radical (unpaired) electrons. The van der Waals surface area contributed by atoms with Gasteiger partial charge in [-0.3, -0.25) is 0 Å². The van der Waals surface area contributed by atoms with E-state index in [1.54, 1.807) is 0 Å². The molecule has 0 unspecified atom stereocenters. The van der Waals surface area contributed by atoms with Crippen molar-refractivity contribution in [1.29, 1.82) is 0 Å². The fourth-order valence-electron chi connectivity index (χ4n) is 1.83. The van der Waals surface area contributed by atoms with E-state index in [2.05, 4.69) is 24.0 Å². The molecule has 1 aromatic rings. The van der Waals surface area contributed by atoms with E-state index in [9.17, 15) is 0 Å². The van der Waals surface area contributed by atoms with Crippen LogP contribution in [0, 0.1) is 5.92 Å². The van der Waals surface area contributed by atoms with Crippen molar-refractivity contribution >= 4 is 11.8 Å². The Bertz CT molecular complexity index is 335. The van der Waals surface area contributed by atoms with Gasteiger partial charge in [0.1, 0.15) is 0 Å². The fraction of sp³-hybridized carbons (Fsp3) is 0.833. The van der Waals surface area contributed by atoms with Crippen LogP contribution in [0.2, 0.25) is 0 Å². The maximum absolute atomic E-state index is 5.33. The minimum atomic E-state index is 0.573. The Kier molecular flexibility index (Phi) is 4.86. The van der Waals surface area contributed by atoms with Gasteiger partial charge in [0.15, 0.2) is 5.82 Å². The highest BCUT2D eigenvalue weighted by Gasteiger charge is 2.16. The van der Waals surface area contributed by atoms with Crippen molar-refractivity contribution in [2.45, 2.75) is 44.1 Å². The quantitative estimate of drug-likeness (QED) is 0.810. The Morgan fingerprint density at radius 1 is 1.35 bits per heavy atom. The van der Waals surface area contributed by atoms with Gasteiger partial charge in [-0.25, -0.2) is 0 Å². The molecule has 0 saturated carbocycles. The lowest BCUT2D eigenvalue weighted by Gasteiger charge is -2.20. The highest BCUT2D eigenvalue weighted by atomic mass is 32.2. The summed E-state index contributed by atoms with van der Waals surface area (Å²) in [4.78, 5) is 4.40. The molecule has 4 nitrogen and oxygen atoms in total. The maximum Gasteiger partial charge on any atom is 0.236 e.